The quantitative estimate of drug-likeness (QED) is 0.401. The van der Waals surface area contributed by atoms with Gasteiger partial charge in [0.25, 0.3) is 5.91 Å². The average molecular weight is 463 g/mol. The van der Waals surface area contributed by atoms with Gasteiger partial charge >= 0.3 is 12.2 Å². The van der Waals surface area contributed by atoms with Gasteiger partial charge < -0.3 is 14.6 Å². The van der Waals surface area contributed by atoms with Crippen LogP contribution in [0, 0.1) is 0 Å². The van der Waals surface area contributed by atoms with Gasteiger partial charge in [0.05, 0.1) is 23.9 Å². The number of benzene rings is 1. The number of fused-ring (bicyclic) bond motifs is 1. The highest BCUT2D eigenvalue weighted by molar-refractivity contribution is 6.04. The van der Waals surface area contributed by atoms with E-state index >= 15 is 0 Å². The molecule has 0 saturated carbocycles. The van der Waals surface area contributed by atoms with Crippen LogP contribution in [-0.2, 0) is 17.4 Å². The standard InChI is InChI=1S/C21H20F3N5O4/c1-2-4-12-15(6-5-13-16(12)28-33-18(13)21(22,23)24)32-10-3-9-29-19(30)17(27-20(29)31)14-11-25-7-8-26-14/h5-8,11,17H,2-4,9-10H2,1H3,(H,27,31). The largest absolute Gasteiger partial charge is 0.493 e. The molecule has 0 spiro atoms. The number of aryl methyl sites for hydroxylation is 1. The van der Waals surface area contributed by atoms with Crippen molar-refractivity contribution in [3.05, 3.63) is 47.7 Å². The molecule has 174 valence electrons. The number of rotatable bonds is 8. The number of amides is 3. The van der Waals surface area contributed by atoms with Crippen LogP contribution in [0.3, 0.4) is 0 Å². The number of imide groups is 1. The van der Waals surface area contributed by atoms with E-state index in [1.54, 1.807) is 0 Å². The van der Waals surface area contributed by atoms with Crippen molar-refractivity contribution in [2.75, 3.05) is 13.2 Å². The average Bonchev–Trinajstić information content (AvgIpc) is 3.35. The highest BCUT2D eigenvalue weighted by Gasteiger charge is 2.40. The summed E-state index contributed by atoms with van der Waals surface area (Å²) in [6, 6.07) is 1.30. The smallest absolute Gasteiger partial charge is 0.453 e. The molecule has 1 aliphatic rings. The summed E-state index contributed by atoms with van der Waals surface area (Å²) in [4.78, 5) is 33.8. The Hall–Kier alpha value is -3.70. The van der Waals surface area contributed by atoms with E-state index in [4.69, 9.17) is 4.74 Å². The van der Waals surface area contributed by atoms with Crippen molar-refractivity contribution in [1.29, 1.82) is 0 Å². The molecule has 9 nitrogen and oxygen atoms in total. The number of carbonyl (C=O) groups excluding carboxylic acids is 2. The maximum absolute atomic E-state index is 13.1. The summed E-state index contributed by atoms with van der Waals surface area (Å²) in [5.41, 5.74) is 0.979. The predicted molar refractivity (Wildman–Crippen MR) is 108 cm³/mol. The molecule has 0 radical (unpaired) electrons. The Morgan fingerprint density at radius 2 is 2.06 bits per heavy atom. The number of nitrogens with one attached hydrogen (secondary N) is 1. The Kier molecular flexibility index (Phi) is 6.16. The first-order valence-corrected chi connectivity index (χ1v) is 10.3. The van der Waals surface area contributed by atoms with Crippen molar-refractivity contribution in [3.63, 3.8) is 0 Å². The molecule has 33 heavy (non-hydrogen) atoms. The fraction of sp³-hybridized carbons (Fsp3) is 0.381. The minimum absolute atomic E-state index is 0.106. The van der Waals surface area contributed by atoms with Gasteiger partial charge in [0.2, 0.25) is 5.76 Å². The summed E-state index contributed by atoms with van der Waals surface area (Å²) in [7, 11) is 0. The Bertz CT molecular complexity index is 1170. The fourth-order valence-electron chi connectivity index (χ4n) is 3.67. The number of ether oxygens (including phenoxy) is 1. The van der Waals surface area contributed by atoms with E-state index < -0.39 is 29.9 Å². The number of alkyl halides is 3. The monoisotopic (exact) mass is 463 g/mol. The van der Waals surface area contributed by atoms with Crippen LogP contribution in [0.4, 0.5) is 18.0 Å². The summed E-state index contributed by atoms with van der Waals surface area (Å²) < 4.78 is 49.7. The van der Waals surface area contributed by atoms with E-state index in [-0.39, 0.29) is 24.1 Å². The van der Waals surface area contributed by atoms with Crippen LogP contribution in [0.25, 0.3) is 10.9 Å². The van der Waals surface area contributed by atoms with Gasteiger partial charge in [0.1, 0.15) is 11.3 Å². The lowest BCUT2D eigenvalue weighted by atomic mass is 10.0. The molecule has 2 aromatic heterocycles. The Labute approximate surface area is 185 Å². The van der Waals surface area contributed by atoms with Gasteiger partial charge in [-0.3, -0.25) is 19.7 Å². The van der Waals surface area contributed by atoms with Crippen molar-refractivity contribution in [1.82, 2.24) is 25.3 Å². The Balaban J connectivity index is 1.41. The van der Waals surface area contributed by atoms with E-state index in [0.717, 1.165) is 4.90 Å². The van der Waals surface area contributed by atoms with Crippen molar-refractivity contribution in [3.8, 4) is 5.75 Å². The number of hydrogen-bond acceptors (Lipinski definition) is 7. The molecule has 1 fully saturated rings. The summed E-state index contributed by atoms with van der Waals surface area (Å²) in [5, 5.41) is 6.08. The lowest BCUT2D eigenvalue weighted by Gasteiger charge is -2.15. The second-order valence-corrected chi connectivity index (χ2v) is 7.40. The highest BCUT2D eigenvalue weighted by atomic mass is 19.4. The summed E-state index contributed by atoms with van der Waals surface area (Å²) in [5.74, 6) is -1.19. The molecular weight excluding hydrogens is 443 g/mol. The molecular formula is C21H20F3N5O4. The van der Waals surface area contributed by atoms with Crippen LogP contribution in [0.2, 0.25) is 0 Å². The molecule has 0 bridgehead atoms. The first kappa shape index (κ1) is 22.5. The molecule has 3 heterocycles. The SMILES string of the molecule is CCCc1c(OCCCN2C(=O)NC(c3cnccn3)C2=O)ccc2c(C(F)(F)F)onc12. The number of nitrogens with zero attached hydrogens (tertiary/aromatic N) is 4. The summed E-state index contributed by atoms with van der Waals surface area (Å²) >= 11 is 0. The van der Waals surface area contributed by atoms with E-state index in [1.807, 2.05) is 6.92 Å². The van der Waals surface area contributed by atoms with Crippen LogP contribution in [0.1, 0.15) is 42.8 Å². The number of hydrogen-bond donors (Lipinski definition) is 1. The van der Waals surface area contributed by atoms with Crippen LogP contribution >= 0.6 is 0 Å². The van der Waals surface area contributed by atoms with Gasteiger partial charge in [-0.2, -0.15) is 13.2 Å². The van der Waals surface area contributed by atoms with Gasteiger partial charge in [-0.1, -0.05) is 18.5 Å². The van der Waals surface area contributed by atoms with Crippen LogP contribution in [0.5, 0.6) is 5.75 Å². The normalized spacial score (nSPS) is 16.5. The van der Waals surface area contributed by atoms with Gasteiger partial charge in [-0.15, -0.1) is 0 Å². The molecule has 1 aromatic carbocycles. The topological polar surface area (TPSA) is 110 Å². The number of aromatic nitrogens is 3. The maximum Gasteiger partial charge on any atom is 0.453 e. The third-order valence-corrected chi connectivity index (χ3v) is 5.16. The van der Waals surface area contributed by atoms with E-state index in [9.17, 15) is 22.8 Å². The minimum atomic E-state index is -4.65. The maximum atomic E-state index is 13.1. The lowest BCUT2D eigenvalue weighted by Crippen LogP contribution is -2.32. The molecule has 1 N–H and O–H groups in total. The second kappa shape index (κ2) is 9.04. The molecule has 1 unspecified atom stereocenters. The van der Waals surface area contributed by atoms with Crippen molar-refractivity contribution >= 4 is 22.8 Å². The Morgan fingerprint density at radius 3 is 2.76 bits per heavy atom. The predicted octanol–water partition coefficient (Wildman–Crippen LogP) is 3.65. The van der Waals surface area contributed by atoms with E-state index in [0.29, 0.717) is 36.3 Å². The highest BCUT2D eigenvalue weighted by Crippen LogP contribution is 2.38. The number of urea groups is 1. The fourth-order valence-corrected chi connectivity index (χ4v) is 3.67. The van der Waals surface area contributed by atoms with Gasteiger partial charge in [-0.25, -0.2) is 4.79 Å². The second-order valence-electron chi connectivity index (χ2n) is 7.40. The third kappa shape index (κ3) is 4.45. The molecule has 12 heteroatoms. The molecule has 3 amide bonds. The minimum Gasteiger partial charge on any atom is -0.493 e. The molecule has 3 aromatic rings. The van der Waals surface area contributed by atoms with Gasteiger partial charge in [-0.05, 0) is 25.0 Å². The van der Waals surface area contributed by atoms with E-state index in [1.165, 1.54) is 30.7 Å². The lowest BCUT2D eigenvalue weighted by molar-refractivity contribution is -0.154. The molecule has 1 atom stereocenters. The first-order chi connectivity index (χ1) is 15.8. The zero-order valence-electron chi connectivity index (χ0n) is 17.6. The number of halogens is 3. The van der Waals surface area contributed by atoms with Crippen molar-refractivity contribution in [2.45, 2.75) is 38.4 Å². The van der Waals surface area contributed by atoms with Gasteiger partial charge in [0.15, 0.2) is 6.04 Å². The van der Waals surface area contributed by atoms with Crippen molar-refractivity contribution in [2.24, 2.45) is 0 Å². The first-order valence-electron chi connectivity index (χ1n) is 10.3. The molecule has 1 saturated heterocycles. The molecule has 0 aliphatic carbocycles. The van der Waals surface area contributed by atoms with Crippen molar-refractivity contribution < 1.29 is 32.0 Å². The van der Waals surface area contributed by atoms with Crippen LogP contribution < -0.4 is 10.1 Å². The molecule has 4 rings (SSSR count). The Morgan fingerprint density at radius 1 is 1.24 bits per heavy atom. The van der Waals surface area contributed by atoms with Crippen LogP contribution in [-0.4, -0.2) is 45.1 Å². The van der Waals surface area contributed by atoms with Crippen LogP contribution in [0.15, 0.2) is 35.2 Å². The van der Waals surface area contributed by atoms with Gasteiger partial charge in [0, 0.05) is 24.5 Å². The zero-order chi connectivity index (χ0) is 23.6. The molecule has 1 aliphatic heterocycles. The third-order valence-electron chi connectivity index (χ3n) is 5.16. The number of carbonyl (C=O) groups is 2. The van der Waals surface area contributed by atoms with E-state index in [2.05, 4.69) is 25.0 Å². The summed E-state index contributed by atoms with van der Waals surface area (Å²) in [6.07, 6.45) is 1.10. The zero-order valence-corrected chi connectivity index (χ0v) is 17.6. The summed E-state index contributed by atoms with van der Waals surface area (Å²) in [6.45, 7) is 2.13.